The van der Waals surface area contributed by atoms with Crippen molar-refractivity contribution in [2.45, 2.75) is 9.79 Å². The number of nitrogen functional groups attached to an aromatic ring is 1. The van der Waals surface area contributed by atoms with Crippen LogP contribution in [0.15, 0.2) is 38.5 Å². The molecule has 0 bridgehead atoms. The molecule has 0 saturated carbocycles. The minimum atomic E-state index is -4.81. The fraction of sp³-hybridized carbons (Fsp3) is 0. The van der Waals surface area contributed by atoms with Crippen molar-refractivity contribution in [3.63, 3.8) is 0 Å². The zero-order valence-corrected chi connectivity index (χ0v) is 15.6. The third-order valence-electron chi connectivity index (χ3n) is 3.79. The first-order chi connectivity index (χ1) is 11.9. The Hall–Kier alpha value is -0.484. The molecule has 27 heavy (non-hydrogen) atoms. The van der Waals surface area contributed by atoms with E-state index in [9.17, 15) is 35.5 Å². The second kappa shape index (κ2) is 7.40. The number of fused-ring (bicyclic) bond motifs is 2. The molecular formula is C14H9BrKNO8S2. The van der Waals surface area contributed by atoms with Crippen LogP contribution in [0.5, 0.6) is 0 Å². The Morgan fingerprint density at radius 2 is 1.41 bits per heavy atom. The van der Waals surface area contributed by atoms with Gasteiger partial charge in [-0.05, 0) is 28.1 Å². The van der Waals surface area contributed by atoms with Crippen LogP contribution in [0.1, 0.15) is 31.8 Å². The monoisotopic (exact) mass is 501 g/mol. The third kappa shape index (κ3) is 3.73. The molecule has 0 heterocycles. The molecular weight excluding hydrogens is 493 g/mol. The average molecular weight is 502 g/mol. The first-order valence-electron chi connectivity index (χ1n) is 6.65. The van der Waals surface area contributed by atoms with Gasteiger partial charge in [-0.2, -0.15) is 16.8 Å². The fourth-order valence-electron chi connectivity index (χ4n) is 2.74. The van der Waals surface area contributed by atoms with Crippen molar-refractivity contribution >= 4 is 105 Å². The van der Waals surface area contributed by atoms with Gasteiger partial charge < -0.3 is 5.73 Å². The van der Waals surface area contributed by atoms with Gasteiger partial charge in [0.1, 0.15) is 9.79 Å². The van der Waals surface area contributed by atoms with Gasteiger partial charge in [-0.3, -0.25) is 18.7 Å². The topological polar surface area (TPSA) is 169 Å². The van der Waals surface area contributed by atoms with Crippen LogP contribution < -0.4 is 5.73 Å². The number of rotatable bonds is 2. The summed E-state index contributed by atoms with van der Waals surface area (Å²) >= 11 is 2.94. The molecule has 0 spiro atoms. The standard InChI is InChI=1S/C14H8BrNO8S2.K.H/c15-6-4-8(26(22,23)24)12(16)11-10(6)14(18)9-5(13(11)17)2-1-3-7(9)25(19,20)21;;/h1-4H,16H2,(H,19,20,21)(H,22,23,24);;. The van der Waals surface area contributed by atoms with Gasteiger partial charge in [0.25, 0.3) is 20.2 Å². The Morgan fingerprint density at radius 1 is 0.852 bits per heavy atom. The van der Waals surface area contributed by atoms with Crippen molar-refractivity contribution in [2.75, 3.05) is 5.73 Å². The van der Waals surface area contributed by atoms with Crippen LogP contribution in [-0.2, 0) is 20.2 Å². The van der Waals surface area contributed by atoms with Gasteiger partial charge in [-0.25, -0.2) is 0 Å². The number of hydrogen-bond donors (Lipinski definition) is 3. The Balaban J connectivity index is 0.00000261. The van der Waals surface area contributed by atoms with Crippen LogP contribution in [-0.4, -0.2) is 88.9 Å². The Morgan fingerprint density at radius 3 is 1.93 bits per heavy atom. The zero-order chi connectivity index (χ0) is 19.6. The van der Waals surface area contributed by atoms with Crippen molar-refractivity contribution in [1.82, 2.24) is 0 Å². The molecule has 0 fully saturated rings. The summed E-state index contributed by atoms with van der Waals surface area (Å²) in [6, 6.07) is 4.06. The van der Waals surface area contributed by atoms with Gasteiger partial charge in [0, 0.05) is 10.0 Å². The van der Waals surface area contributed by atoms with Crippen LogP contribution in [0.2, 0.25) is 0 Å². The number of hydrogen-bond acceptors (Lipinski definition) is 7. The summed E-state index contributed by atoms with van der Waals surface area (Å²) < 4.78 is 64.4. The summed E-state index contributed by atoms with van der Waals surface area (Å²) in [5.41, 5.74) is 3.26. The molecule has 4 N–H and O–H groups in total. The number of benzene rings is 2. The van der Waals surface area contributed by atoms with Crippen LogP contribution in [0, 0.1) is 0 Å². The van der Waals surface area contributed by atoms with E-state index in [0.29, 0.717) is 0 Å². The van der Waals surface area contributed by atoms with Crippen molar-refractivity contribution in [3.8, 4) is 0 Å². The number of carbonyl (C=O) groups is 2. The fourth-order valence-corrected chi connectivity index (χ4v) is 4.86. The van der Waals surface area contributed by atoms with Gasteiger partial charge in [-0.15, -0.1) is 0 Å². The van der Waals surface area contributed by atoms with Crippen LogP contribution in [0.25, 0.3) is 0 Å². The van der Waals surface area contributed by atoms with Crippen LogP contribution >= 0.6 is 15.9 Å². The summed E-state index contributed by atoms with van der Waals surface area (Å²) in [6.45, 7) is 0. The molecule has 1 aliphatic rings. The molecule has 0 aromatic heterocycles. The minimum absolute atomic E-state index is 0. The first-order valence-corrected chi connectivity index (χ1v) is 10.3. The molecule has 3 rings (SSSR count). The van der Waals surface area contributed by atoms with E-state index in [1.165, 1.54) is 0 Å². The van der Waals surface area contributed by atoms with Crippen molar-refractivity contribution in [3.05, 3.63) is 51.0 Å². The van der Waals surface area contributed by atoms with E-state index >= 15 is 0 Å². The second-order valence-corrected chi connectivity index (χ2v) is 8.94. The molecule has 138 valence electrons. The number of carbonyl (C=O) groups excluding carboxylic acids is 2. The van der Waals surface area contributed by atoms with E-state index in [1.54, 1.807) is 0 Å². The SMILES string of the molecule is Nc1c(S(=O)(=O)O)cc(Br)c2c1C(=O)c1cccc(S(=O)(=O)O)c1C2=O.[KH]. The first kappa shape index (κ1) is 22.8. The predicted octanol–water partition coefficient (Wildman–Crippen LogP) is 0.652. The molecule has 0 unspecified atom stereocenters. The third-order valence-corrected chi connectivity index (χ3v) is 6.20. The summed E-state index contributed by atoms with van der Waals surface area (Å²) in [5, 5.41) is 0. The van der Waals surface area contributed by atoms with Gasteiger partial charge in [0.2, 0.25) is 0 Å². The summed E-state index contributed by atoms with van der Waals surface area (Å²) in [5.74, 6) is -1.88. The van der Waals surface area contributed by atoms with Gasteiger partial charge in [-0.1, -0.05) is 12.1 Å². The van der Waals surface area contributed by atoms with Gasteiger partial charge in [0.15, 0.2) is 11.6 Å². The van der Waals surface area contributed by atoms with Crippen molar-refractivity contribution in [1.29, 1.82) is 0 Å². The molecule has 2 aromatic rings. The number of halogens is 1. The van der Waals surface area contributed by atoms with E-state index in [4.69, 9.17) is 5.73 Å². The van der Waals surface area contributed by atoms with E-state index < -0.39 is 58.4 Å². The maximum atomic E-state index is 12.8. The molecule has 0 atom stereocenters. The van der Waals surface area contributed by atoms with Gasteiger partial charge in [0.05, 0.1) is 22.4 Å². The van der Waals surface area contributed by atoms with Crippen LogP contribution in [0.4, 0.5) is 5.69 Å². The Kier molecular flexibility index (Phi) is 6.25. The number of nitrogens with two attached hydrogens (primary N) is 1. The summed E-state index contributed by atoms with van der Waals surface area (Å²) in [6.07, 6.45) is 0. The van der Waals surface area contributed by atoms with E-state index in [-0.39, 0.29) is 67.0 Å². The second-order valence-electron chi connectivity index (χ2n) is 5.31. The summed E-state index contributed by atoms with van der Waals surface area (Å²) in [4.78, 5) is 24.1. The maximum absolute atomic E-state index is 12.8. The van der Waals surface area contributed by atoms with E-state index in [1.807, 2.05) is 0 Å². The molecule has 9 nitrogen and oxygen atoms in total. The average Bonchev–Trinajstić information content (AvgIpc) is 2.51. The van der Waals surface area contributed by atoms with E-state index in [2.05, 4.69) is 15.9 Å². The molecule has 1 aliphatic carbocycles. The molecule has 13 heteroatoms. The molecule has 0 saturated heterocycles. The molecule has 0 aliphatic heterocycles. The number of ketones is 2. The zero-order valence-electron chi connectivity index (χ0n) is 12.4. The molecule has 0 amide bonds. The predicted molar refractivity (Wildman–Crippen MR) is 98.6 cm³/mol. The van der Waals surface area contributed by atoms with Crippen molar-refractivity contribution < 1.29 is 35.5 Å². The molecule has 2 aromatic carbocycles. The molecule has 0 radical (unpaired) electrons. The number of anilines is 1. The van der Waals surface area contributed by atoms with Crippen LogP contribution in [0.3, 0.4) is 0 Å². The van der Waals surface area contributed by atoms with Crippen molar-refractivity contribution in [2.24, 2.45) is 0 Å². The Labute approximate surface area is 204 Å². The normalized spacial score (nSPS) is 13.6. The van der Waals surface area contributed by atoms with Gasteiger partial charge >= 0.3 is 51.4 Å². The van der Waals surface area contributed by atoms with E-state index in [0.717, 1.165) is 24.3 Å². The summed E-state index contributed by atoms with van der Waals surface area (Å²) in [7, 11) is -9.61. The quantitative estimate of drug-likeness (QED) is 0.259. The Bertz CT molecular complexity index is 1240.